The number of hydrogen-bond acceptors (Lipinski definition) is 2. The molecule has 1 aromatic heterocycles. The number of H-pyrrole nitrogens is 1. The Hall–Kier alpha value is -2.11. The number of amides is 1. The van der Waals surface area contributed by atoms with Gasteiger partial charge >= 0.3 is 0 Å². The van der Waals surface area contributed by atoms with E-state index in [4.69, 9.17) is 0 Å². The van der Waals surface area contributed by atoms with Crippen molar-refractivity contribution in [2.24, 2.45) is 5.92 Å². The van der Waals surface area contributed by atoms with Crippen LogP contribution in [0.15, 0.2) is 30.5 Å². The van der Waals surface area contributed by atoms with E-state index < -0.39 is 0 Å². The summed E-state index contributed by atoms with van der Waals surface area (Å²) in [6, 6.07) is 7.00. The van der Waals surface area contributed by atoms with Gasteiger partial charge in [0.1, 0.15) is 12.0 Å². The molecular formula is C20H27N4O+. The number of nitrogens with zero attached hydrogens (tertiary/aromatic N) is 1. The maximum atomic E-state index is 13.0. The Morgan fingerprint density at radius 2 is 2.28 bits per heavy atom. The molecule has 0 saturated carbocycles. The highest BCUT2D eigenvalue weighted by Gasteiger charge is 2.36. The van der Waals surface area contributed by atoms with Crippen molar-refractivity contribution in [2.45, 2.75) is 39.3 Å². The lowest BCUT2D eigenvalue weighted by Crippen LogP contribution is -2.93. The summed E-state index contributed by atoms with van der Waals surface area (Å²) >= 11 is 0. The predicted molar refractivity (Wildman–Crippen MR) is 99.7 cm³/mol. The molecule has 4 rings (SSSR count). The third kappa shape index (κ3) is 2.68. The van der Waals surface area contributed by atoms with Gasteiger partial charge in [-0.05, 0) is 31.0 Å². The number of carbonyl (C=O) groups is 1. The third-order valence-corrected chi connectivity index (χ3v) is 5.39. The minimum atomic E-state index is -0.0801. The van der Waals surface area contributed by atoms with Crippen LogP contribution in [0, 0.1) is 5.92 Å². The van der Waals surface area contributed by atoms with Crippen LogP contribution in [0.5, 0.6) is 0 Å². The lowest BCUT2D eigenvalue weighted by molar-refractivity contribution is -0.681. The molecule has 0 spiro atoms. The molecule has 132 valence electrons. The Morgan fingerprint density at radius 3 is 3.04 bits per heavy atom. The summed E-state index contributed by atoms with van der Waals surface area (Å²) in [7, 11) is 0. The van der Waals surface area contributed by atoms with E-state index in [-0.39, 0.29) is 17.9 Å². The second-order valence-electron chi connectivity index (χ2n) is 7.37. The fourth-order valence-electron chi connectivity index (χ4n) is 4.26. The first-order valence-electron chi connectivity index (χ1n) is 9.31. The van der Waals surface area contributed by atoms with Gasteiger partial charge in [0.05, 0.1) is 6.54 Å². The number of nitrogens with two attached hydrogens (primary N) is 1. The van der Waals surface area contributed by atoms with E-state index >= 15 is 0 Å². The van der Waals surface area contributed by atoms with Gasteiger partial charge < -0.3 is 10.3 Å². The molecule has 5 heteroatoms. The fraction of sp³-hybridized carbons (Fsp3) is 0.450. The van der Waals surface area contributed by atoms with Crippen LogP contribution < -0.4 is 10.7 Å². The quantitative estimate of drug-likeness (QED) is 0.738. The number of nitrogens with one attached hydrogen (secondary N) is 2. The molecule has 1 aliphatic heterocycles. The van der Waals surface area contributed by atoms with Crippen LogP contribution in [0.25, 0.3) is 16.5 Å². The van der Waals surface area contributed by atoms with Crippen LogP contribution >= 0.6 is 0 Å². The molecule has 25 heavy (non-hydrogen) atoms. The summed E-state index contributed by atoms with van der Waals surface area (Å²) in [5.41, 5.74) is 8.42. The molecule has 1 amide bonds. The molecule has 4 N–H and O–H groups in total. The van der Waals surface area contributed by atoms with E-state index in [2.05, 4.69) is 60.0 Å². The average Bonchev–Trinajstić information content (AvgIpc) is 3.03. The maximum Gasteiger partial charge on any atom is 0.249 e. The Kier molecular flexibility index (Phi) is 4.13. The van der Waals surface area contributed by atoms with Crippen LogP contribution in [-0.4, -0.2) is 41.1 Å². The van der Waals surface area contributed by atoms with Gasteiger partial charge in [-0.25, -0.2) is 5.43 Å². The zero-order chi connectivity index (χ0) is 17.6. The first-order valence-corrected chi connectivity index (χ1v) is 9.31. The number of carbonyl (C=O) groups excluding carboxylic acids is 1. The monoisotopic (exact) mass is 339 g/mol. The van der Waals surface area contributed by atoms with E-state index in [1.807, 2.05) is 6.92 Å². The molecule has 1 aliphatic carbocycles. The van der Waals surface area contributed by atoms with E-state index in [1.165, 1.54) is 27.6 Å². The van der Waals surface area contributed by atoms with Crippen LogP contribution in [0.3, 0.4) is 0 Å². The fourth-order valence-corrected chi connectivity index (χ4v) is 4.26. The number of aromatic nitrogens is 1. The van der Waals surface area contributed by atoms with E-state index in [0.717, 1.165) is 19.5 Å². The first kappa shape index (κ1) is 16.4. The van der Waals surface area contributed by atoms with Gasteiger partial charge in [0, 0.05) is 41.7 Å². The number of rotatable bonds is 4. The number of fused-ring (bicyclic) bond motifs is 2. The highest BCUT2D eigenvalue weighted by Crippen LogP contribution is 2.36. The van der Waals surface area contributed by atoms with Gasteiger partial charge in [-0.15, -0.1) is 0 Å². The molecule has 2 atom stereocenters. The summed E-state index contributed by atoms with van der Waals surface area (Å²) in [5, 5.41) is 5.47. The van der Waals surface area contributed by atoms with Gasteiger partial charge in [0.2, 0.25) is 5.91 Å². The Bertz CT molecular complexity index is 835. The van der Waals surface area contributed by atoms with Gasteiger partial charge in [-0.2, -0.15) is 0 Å². The largest absolute Gasteiger partial charge is 0.361 e. The molecule has 5 nitrogen and oxygen atoms in total. The van der Waals surface area contributed by atoms with Crippen molar-refractivity contribution < 1.29 is 10.1 Å². The highest BCUT2D eigenvalue weighted by atomic mass is 16.2. The van der Waals surface area contributed by atoms with Gasteiger partial charge in [-0.1, -0.05) is 25.1 Å². The molecule has 0 radical (unpaired) electrons. The number of hydrogen-bond donors (Lipinski definition) is 3. The number of benzene rings is 1. The van der Waals surface area contributed by atoms with Gasteiger partial charge in [-0.3, -0.25) is 9.80 Å². The molecule has 0 saturated heterocycles. The van der Waals surface area contributed by atoms with Crippen molar-refractivity contribution in [3.05, 3.63) is 41.6 Å². The standard InChI is InChI=1S/C20H26N4O/c1-4-23-24(12(2)3)20(25)14-8-16-15-6-5-7-17-19(15)13(10-21-17)9-18(16)22-11-14/h5-8,10,12,14,18,21-23H,4,9,11H2,1-3H3/p+1/t14-,18-/m1/s1. The minimum absolute atomic E-state index is 0.0801. The summed E-state index contributed by atoms with van der Waals surface area (Å²) in [4.78, 5) is 16.4. The summed E-state index contributed by atoms with van der Waals surface area (Å²) in [6.07, 6.45) is 5.40. The lowest BCUT2D eigenvalue weighted by Gasteiger charge is -2.34. The van der Waals surface area contributed by atoms with E-state index in [0.29, 0.717) is 6.04 Å². The van der Waals surface area contributed by atoms with Crippen LogP contribution in [0.4, 0.5) is 0 Å². The second-order valence-corrected chi connectivity index (χ2v) is 7.37. The molecule has 0 bridgehead atoms. The maximum absolute atomic E-state index is 13.0. The van der Waals surface area contributed by atoms with E-state index in [1.54, 1.807) is 5.01 Å². The predicted octanol–water partition coefficient (Wildman–Crippen LogP) is 1.43. The van der Waals surface area contributed by atoms with Crippen molar-refractivity contribution in [1.29, 1.82) is 0 Å². The highest BCUT2D eigenvalue weighted by molar-refractivity contribution is 5.98. The molecule has 0 fully saturated rings. The third-order valence-electron chi connectivity index (χ3n) is 5.39. The molecule has 2 heterocycles. The van der Waals surface area contributed by atoms with Crippen LogP contribution in [0.1, 0.15) is 31.9 Å². The minimum Gasteiger partial charge on any atom is -0.361 e. The number of aromatic amines is 1. The molecular weight excluding hydrogens is 312 g/mol. The smallest absolute Gasteiger partial charge is 0.249 e. The number of quaternary nitrogens is 1. The molecule has 2 aliphatic rings. The molecule has 2 aromatic rings. The van der Waals surface area contributed by atoms with E-state index in [9.17, 15) is 4.79 Å². The van der Waals surface area contributed by atoms with Crippen molar-refractivity contribution in [3.63, 3.8) is 0 Å². The Morgan fingerprint density at radius 1 is 1.44 bits per heavy atom. The normalized spacial score (nSPS) is 22.0. The lowest BCUT2D eigenvalue weighted by atomic mass is 9.80. The Balaban J connectivity index is 1.71. The van der Waals surface area contributed by atoms with Gasteiger partial charge in [0.15, 0.2) is 0 Å². The van der Waals surface area contributed by atoms with Crippen LogP contribution in [0.2, 0.25) is 0 Å². The number of hydrazine groups is 1. The SMILES string of the molecule is CCNN(C(=O)[C@@H]1C=C2c3cccc4[nH]cc(c34)C[C@H]2[NH2+]C1)C(C)C. The Labute approximate surface area is 148 Å². The average molecular weight is 339 g/mol. The first-order chi connectivity index (χ1) is 12.1. The van der Waals surface area contributed by atoms with Crippen molar-refractivity contribution >= 4 is 22.4 Å². The van der Waals surface area contributed by atoms with Crippen molar-refractivity contribution in [1.82, 2.24) is 15.4 Å². The molecule has 1 aromatic carbocycles. The van der Waals surface area contributed by atoms with Gasteiger partial charge in [0.25, 0.3) is 0 Å². The summed E-state index contributed by atoms with van der Waals surface area (Å²) < 4.78 is 0. The molecule has 0 unspecified atom stereocenters. The van der Waals surface area contributed by atoms with Crippen LogP contribution in [-0.2, 0) is 11.2 Å². The summed E-state index contributed by atoms with van der Waals surface area (Å²) in [5.74, 6) is 0.0922. The zero-order valence-electron chi connectivity index (χ0n) is 15.2. The topological polar surface area (TPSA) is 64.7 Å². The zero-order valence-corrected chi connectivity index (χ0v) is 15.2. The summed E-state index contributed by atoms with van der Waals surface area (Å²) in [6.45, 7) is 7.70. The van der Waals surface area contributed by atoms with Crippen molar-refractivity contribution in [3.8, 4) is 0 Å². The van der Waals surface area contributed by atoms with Crippen molar-refractivity contribution in [2.75, 3.05) is 13.1 Å². The second kappa shape index (κ2) is 6.32.